The van der Waals surface area contributed by atoms with Crippen molar-refractivity contribution in [1.29, 1.82) is 0 Å². The van der Waals surface area contributed by atoms with Gasteiger partial charge < -0.3 is 10.4 Å². The summed E-state index contributed by atoms with van der Waals surface area (Å²) >= 11 is 0. The predicted molar refractivity (Wildman–Crippen MR) is 53.2 cm³/mol. The van der Waals surface area contributed by atoms with Gasteiger partial charge in [-0.3, -0.25) is 4.79 Å². The molecule has 0 fully saturated rings. The van der Waals surface area contributed by atoms with E-state index in [1.54, 1.807) is 12.1 Å². The largest absolute Gasteiger partial charge is 0.478 e. The van der Waals surface area contributed by atoms with E-state index in [0.29, 0.717) is 17.7 Å². The van der Waals surface area contributed by atoms with Crippen LogP contribution >= 0.6 is 0 Å². The fourth-order valence-electron chi connectivity index (χ4n) is 1.16. The van der Waals surface area contributed by atoms with Gasteiger partial charge in [-0.2, -0.15) is 0 Å². The minimum absolute atomic E-state index is 0.117. The third-order valence-corrected chi connectivity index (χ3v) is 1.76. The fraction of sp³-hybridized carbons (Fsp3) is 0. The summed E-state index contributed by atoms with van der Waals surface area (Å²) in [7, 11) is 0. The van der Waals surface area contributed by atoms with Gasteiger partial charge in [-0.15, -0.1) is 0 Å². The van der Waals surface area contributed by atoms with E-state index >= 15 is 0 Å². The normalized spacial score (nSPS) is 9.14. The Bertz CT molecular complexity index is 385. The molecular weight excluding hydrogens is 182 g/mol. The number of anilines is 1. The Labute approximate surface area is 80.9 Å². The van der Waals surface area contributed by atoms with Crippen LogP contribution in [0.3, 0.4) is 0 Å². The van der Waals surface area contributed by atoms with E-state index < -0.39 is 5.97 Å². The molecular formula is C10H9NO3. The summed E-state index contributed by atoms with van der Waals surface area (Å²) < 4.78 is 0. The first-order chi connectivity index (χ1) is 6.70. The molecule has 1 rings (SSSR count). The monoisotopic (exact) mass is 191 g/mol. The zero-order valence-electron chi connectivity index (χ0n) is 7.36. The fourth-order valence-corrected chi connectivity index (χ4v) is 1.16. The number of nitrogens with one attached hydrogen (secondary N) is 1. The van der Waals surface area contributed by atoms with Crippen LogP contribution in [0, 0.1) is 0 Å². The Morgan fingerprint density at radius 1 is 1.50 bits per heavy atom. The molecule has 1 aromatic rings. The Morgan fingerprint density at radius 2 is 2.21 bits per heavy atom. The summed E-state index contributed by atoms with van der Waals surface area (Å²) in [6.07, 6.45) is 1.89. The van der Waals surface area contributed by atoms with Crippen molar-refractivity contribution in [3.05, 3.63) is 35.9 Å². The molecule has 4 nitrogen and oxygen atoms in total. The molecule has 0 aromatic heterocycles. The molecule has 0 bridgehead atoms. The number of carbonyl (C=O) groups excluding carboxylic acids is 1. The van der Waals surface area contributed by atoms with Gasteiger partial charge in [0.15, 0.2) is 0 Å². The highest BCUT2D eigenvalue weighted by Gasteiger charge is 2.10. The van der Waals surface area contributed by atoms with Crippen molar-refractivity contribution >= 4 is 24.1 Å². The van der Waals surface area contributed by atoms with E-state index in [2.05, 4.69) is 11.9 Å². The predicted octanol–water partition coefficient (Wildman–Crippen LogP) is 1.60. The number of carboxylic acid groups (broad SMARTS) is 1. The summed E-state index contributed by atoms with van der Waals surface area (Å²) in [6.45, 7) is 3.50. The zero-order chi connectivity index (χ0) is 10.6. The van der Waals surface area contributed by atoms with Crippen molar-refractivity contribution in [2.24, 2.45) is 0 Å². The van der Waals surface area contributed by atoms with Crippen LogP contribution in [0.4, 0.5) is 5.69 Å². The molecule has 0 spiro atoms. The number of carboxylic acids is 1. The minimum atomic E-state index is -1.05. The van der Waals surface area contributed by atoms with E-state index in [1.807, 2.05) is 0 Å². The molecule has 1 aromatic carbocycles. The van der Waals surface area contributed by atoms with Crippen molar-refractivity contribution in [1.82, 2.24) is 0 Å². The van der Waals surface area contributed by atoms with Crippen molar-refractivity contribution in [3.8, 4) is 0 Å². The smallest absolute Gasteiger partial charge is 0.336 e. The standard InChI is InChI=1S/C10H9NO3/c1-2-7-8(10(13)14)4-3-5-9(7)11-6-12/h2-6H,1H2,(H,11,12)(H,13,14). The molecule has 0 radical (unpaired) electrons. The lowest BCUT2D eigenvalue weighted by Gasteiger charge is -2.06. The van der Waals surface area contributed by atoms with Crippen LogP contribution < -0.4 is 5.32 Å². The molecule has 4 heteroatoms. The number of carbonyl (C=O) groups is 2. The van der Waals surface area contributed by atoms with E-state index in [9.17, 15) is 9.59 Å². The van der Waals surface area contributed by atoms with Gasteiger partial charge in [0, 0.05) is 11.3 Å². The van der Waals surface area contributed by atoms with Gasteiger partial charge in [0.05, 0.1) is 5.56 Å². The maximum atomic E-state index is 10.8. The number of hydrogen-bond donors (Lipinski definition) is 2. The Hall–Kier alpha value is -2.10. The maximum absolute atomic E-state index is 10.8. The molecule has 0 aliphatic rings. The van der Waals surface area contributed by atoms with Gasteiger partial charge >= 0.3 is 5.97 Å². The van der Waals surface area contributed by atoms with Crippen molar-refractivity contribution in [2.75, 3.05) is 5.32 Å². The molecule has 0 aliphatic heterocycles. The third kappa shape index (κ3) is 1.80. The first-order valence-electron chi connectivity index (χ1n) is 3.89. The van der Waals surface area contributed by atoms with Crippen LogP contribution in [0.1, 0.15) is 15.9 Å². The molecule has 72 valence electrons. The zero-order valence-corrected chi connectivity index (χ0v) is 7.36. The van der Waals surface area contributed by atoms with Gasteiger partial charge in [-0.05, 0) is 12.1 Å². The molecule has 1 amide bonds. The SMILES string of the molecule is C=Cc1c(NC=O)cccc1C(=O)O. The third-order valence-electron chi connectivity index (χ3n) is 1.76. The number of hydrogen-bond acceptors (Lipinski definition) is 2. The number of benzene rings is 1. The van der Waals surface area contributed by atoms with E-state index in [-0.39, 0.29) is 5.56 Å². The van der Waals surface area contributed by atoms with Gasteiger partial charge in [-0.1, -0.05) is 18.7 Å². The van der Waals surface area contributed by atoms with Gasteiger partial charge in [0.25, 0.3) is 0 Å². The van der Waals surface area contributed by atoms with Crippen molar-refractivity contribution < 1.29 is 14.7 Å². The first-order valence-corrected chi connectivity index (χ1v) is 3.89. The second-order valence-electron chi connectivity index (χ2n) is 2.54. The molecule has 2 N–H and O–H groups in total. The second kappa shape index (κ2) is 4.23. The van der Waals surface area contributed by atoms with Gasteiger partial charge in [0.2, 0.25) is 6.41 Å². The average Bonchev–Trinajstić information content (AvgIpc) is 2.18. The van der Waals surface area contributed by atoms with Crippen LogP contribution in [0.5, 0.6) is 0 Å². The van der Waals surface area contributed by atoms with E-state index in [0.717, 1.165) is 0 Å². The van der Waals surface area contributed by atoms with E-state index in [4.69, 9.17) is 5.11 Å². The summed E-state index contributed by atoms with van der Waals surface area (Å²) in [5.74, 6) is -1.05. The van der Waals surface area contributed by atoms with Crippen LogP contribution in [-0.2, 0) is 4.79 Å². The Kier molecular flexibility index (Phi) is 3.01. The highest BCUT2D eigenvalue weighted by molar-refractivity contribution is 5.96. The molecule has 0 saturated heterocycles. The lowest BCUT2D eigenvalue weighted by atomic mass is 10.1. The molecule has 0 saturated carbocycles. The first kappa shape index (κ1) is 9.98. The van der Waals surface area contributed by atoms with Crippen LogP contribution in [0.15, 0.2) is 24.8 Å². The maximum Gasteiger partial charge on any atom is 0.336 e. The molecule has 0 unspecified atom stereocenters. The molecule has 14 heavy (non-hydrogen) atoms. The highest BCUT2D eigenvalue weighted by Crippen LogP contribution is 2.20. The minimum Gasteiger partial charge on any atom is -0.478 e. The molecule has 0 aliphatic carbocycles. The molecule has 0 atom stereocenters. The highest BCUT2D eigenvalue weighted by atomic mass is 16.4. The molecule has 0 heterocycles. The summed E-state index contributed by atoms with van der Waals surface area (Å²) in [6, 6.07) is 4.62. The number of rotatable bonds is 4. The summed E-state index contributed by atoms with van der Waals surface area (Å²) in [5, 5.41) is 11.2. The van der Waals surface area contributed by atoms with E-state index in [1.165, 1.54) is 12.1 Å². The van der Waals surface area contributed by atoms with Crippen molar-refractivity contribution in [2.45, 2.75) is 0 Å². The van der Waals surface area contributed by atoms with Gasteiger partial charge in [0.1, 0.15) is 0 Å². The Morgan fingerprint density at radius 3 is 2.71 bits per heavy atom. The van der Waals surface area contributed by atoms with Crippen LogP contribution in [-0.4, -0.2) is 17.5 Å². The van der Waals surface area contributed by atoms with Crippen LogP contribution in [0.2, 0.25) is 0 Å². The second-order valence-corrected chi connectivity index (χ2v) is 2.54. The topological polar surface area (TPSA) is 66.4 Å². The number of aromatic carboxylic acids is 1. The lowest BCUT2D eigenvalue weighted by molar-refractivity contribution is -0.105. The lowest BCUT2D eigenvalue weighted by Crippen LogP contribution is -2.03. The quantitative estimate of drug-likeness (QED) is 0.710. The summed E-state index contributed by atoms with van der Waals surface area (Å²) in [5.41, 5.74) is 0.967. The number of amides is 1. The van der Waals surface area contributed by atoms with Gasteiger partial charge in [-0.25, -0.2) is 4.79 Å². The van der Waals surface area contributed by atoms with Crippen molar-refractivity contribution in [3.63, 3.8) is 0 Å². The van der Waals surface area contributed by atoms with Crippen LogP contribution in [0.25, 0.3) is 6.08 Å². The average molecular weight is 191 g/mol. The summed E-state index contributed by atoms with van der Waals surface area (Å²) in [4.78, 5) is 21.0. The Balaban J connectivity index is 3.31.